The predicted molar refractivity (Wildman–Crippen MR) is 84.8 cm³/mol. The van der Waals surface area contributed by atoms with Crippen molar-refractivity contribution < 1.29 is 0 Å². The van der Waals surface area contributed by atoms with E-state index in [0.29, 0.717) is 0 Å². The summed E-state index contributed by atoms with van der Waals surface area (Å²) in [5.41, 5.74) is 1.45. The highest BCUT2D eigenvalue weighted by atomic mass is 32.2. The molecular formula is C16H26N2S. The second-order valence-electron chi connectivity index (χ2n) is 5.68. The third kappa shape index (κ3) is 4.51. The van der Waals surface area contributed by atoms with Gasteiger partial charge < -0.3 is 4.90 Å². The van der Waals surface area contributed by atoms with Crippen LogP contribution in [0.25, 0.3) is 0 Å². The van der Waals surface area contributed by atoms with Crippen molar-refractivity contribution in [2.45, 2.75) is 36.7 Å². The zero-order chi connectivity index (χ0) is 13.7. The molecule has 1 aliphatic heterocycles. The van der Waals surface area contributed by atoms with Gasteiger partial charge in [0, 0.05) is 17.5 Å². The summed E-state index contributed by atoms with van der Waals surface area (Å²) in [7, 11) is 4.42. The van der Waals surface area contributed by atoms with Crippen LogP contribution in [0.2, 0.25) is 0 Å². The fourth-order valence-corrected chi connectivity index (χ4v) is 3.33. The van der Waals surface area contributed by atoms with Crippen LogP contribution in [0.5, 0.6) is 0 Å². The Morgan fingerprint density at radius 3 is 2.84 bits per heavy atom. The highest BCUT2D eigenvalue weighted by Crippen LogP contribution is 2.19. The van der Waals surface area contributed by atoms with Gasteiger partial charge in [-0.3, -0.25) is 4.90 Å². The van der Waals surface area contributed by atoms with Crippen molar-refractivity contribution >= 4 is 11.8 Å². The first-order valence-corrected chi connectivity index (χ1v) is 8.43. The van der Waals surface area contributed by atoms with Crippen molar-refractivity contribution in [2.75, 3.05) is 33.4 Å². The Hall–Kier alpha value is -0.510. The summed E-state index contributed by atoms with van der Waals surface area (Å²) in [5, 5.41) is 0. The molecule has 0 unspecified atom stereocenters. The average molecular weight is 278 g/mol. The van der Waals surface area contributed by atoms with Crippen molar-refractivity contribution in [3.05, 3.63) is 29.8 Å². The average Bonchev–Trinajstić information content (AvgIpc) is 2.65. The lowest BCUT2D eigenvalue weighted by atomic mass is 10.1. The van der Waals surface area contributed by atoms with E-state index in [0.717, 1.165) is 12.6 Å². The normalized spacial score (nSPS) is 21.6. The van der Waals surface area contributed by atoms with E-state index in [1.807, 2.05) is 11.8 Å². The van der Waals surface area contributed by atoms with Gasteiger partial charge in [0.15, 0.2) is 0 Å². The van der Waals surface area contributed by atoms with Gasteiger partial charge in [-0.05, 0) is 70.4 Å². The third-order valence-electron chi connectivity index (χ3n) is 4.06. The predicted octanol–water partition coefficient (Wildman–Crippen LogP) is 3.32. The highest BCUT2D eigenvalue weighted by molar-refractivity contribution is 7.98. The molecule has 0 radical (unpaired) electrons. The molecule has 1 aliphatic rings. The number of hydrogen-bond donors (Lipinski definition) is 0. The molecule has 19 heavy (non-hydrogen) atoms. The van der Waals surface area contributed by atoms with E-state index in [-0.39, 0.29) is 0 Å². The topological polar surface area (TPSA) is 6.48 Å². The maximum atomic E-state index is 2.61. The largest absolute Gasteiger partial charge is 0.306 e. The van der Waals surface area contributed by atoms with E-state index in [1.165, 1.54) is 42.8 Å². The van der Waals surface area contributed by atoms with Crippen LogP contribution in [-0.4, -0.2) is 49.3 Å². The van der Waals surface area contributed by atoms with Crippen molar-refractivity contribution in [1.29, 1.82) is 0 Å². The van der Waals surface area contributed by atoms with Crippen molar-refractivity contribution in [2.24, 2.45) is 0 Å². The molecule has 1 saturated heterocycles. The zero-order valence-corrected chi connectivity index (χ0v) is 13.2. The lowest BCUT2D eigenvalue weighted by molar-refractivity contribution is 0.245. The molecule has 106 valence electrons. The van der Waals surface area contributed by atoms with Crippen LogP contribution in [-0.2, 0) is 6.54 Å². The second kappa shape index (κ2) is 7.32. The first-order valence-electron chi connectivity index (χ1n) is 7.21. The van der Waals surface area contributed by atoms with E-state index in [4.69, 9.17) is 0 Å². The number of thioether (sulfide) groups is 1. The monoisotopic (exact) mass is 278 g/mol. The summed E-state index contributed by atoms with van der Waals surface area (Å²) >= 11 is 1.83. The van der Waals surface area contributed by atoms with Gasteiger partial charge in [0.05, 0.1) is 0 Å². The van der Waals surface area contributed by atoms with Crippen molar-refractivity contribution in [1.82, 2.24) is 9.80 Å². The molecule has 3 heteroatoms. The van der Waals surface area contributed by atoms with Gasteiger partial charge in [-0.2, -0.15) is 0 Å². The first-order chi connectivity index (χ1) is 9.19. The minimum atomic E-state index is 0.766. The fourth-order valence-electron chi connectivity index (χ4n) is 2.84. The Balaban J connectivity index is 1.92. The number of hydrogen-bond acceptors (Lipinski definition) is 3. The molecule has 0 N–H and O–H groups in total. The van der Waals surface area contributed by atoms with Crippen LogP contribution < -0.4 is 0 Å². The lowest BCUT2D eigenvalue weighted by Crippen LogP contribution is -2.29. The molecule has 1 aromatic carbocycles. The molecule has 2 nitrogen and oxygen atoms in total. The van der Waals surface area contributed by atoms with Crippen LogP contribution >= 0.6 is 11.8 Å². The summed E-state index contributed by atoms with van der Waals surface area (Å²) in [6, 6.07) is 9.73. The Labute approximate surface area is 122 Å². The number of nitrogens with zero attached hydrogens (tertiary/aromatic N) is 2. The molecule has 0 bridgehead atoms. The summed E-state index contributed by atoms with van der Waals surface area (Å²) in [5.74, 6) is 0. The zero-order valence-electron chi connectivity index (χ0n) is 12.4. The highest BCUT2D eigenvalue weighted by Gasteiger charge is 2.18. The molecule has 1 heterocycles. The number of likely N-dealkylation sites (tertiary alicyclic amines) is 1. The molecule has 1 aromatic rings. The molecule has 1 fully saturated rings. The Morgan fingerprint density at radius 1 is 1.26 bits per heavy atom. The Kier molecular flexibility index (Phi) is 5.74. The van der Waals surface area contributed by atoms with Crippen molar-refractivity contribution in [3.8, 4) is 0 Å². The molecule has 0 aliphatic carbocycles. The summed E-state index contributed by atoms with van der Waals surface area (Å²) < 4.78 is 0. The van der Waals surface area contributed by atoms with Crippen LogP contribution in [0.3, 0.4) is 0 Å². The molecule has 0 saturated carbocycles. The van der Waals surface area contributed by atoms with Crippen LogP contribution in [0.1, 0.15) is 24.8 Å². The van der Waals surface area contributed by atoms with E-state index >= 15 is 0 Å². The Bertz CT molecular complexity index is 392. The standard InChI is InChI=1S/C16H26N2S/c1-17(2)15-7-5-10-18(11-9-15)13-14-6-4-8-16(12-14)19-3/h4,6,8,12,15H,5,7,9-11,13H2,1-3H3/t15-/m1/s1. The lowest BCUT2D eigenvalue weighted by Gasteiger charge is -2.23. The molecule has 0 spiro atoms. The maximum absolute atomic E-state index is 2.61. The van der Waals surface area contributed by atoms with Gasteiger partial charge in [-0.15, -0.1) is 11.8 Å². The second-order valence-corrected chi connectivity index (χ2v) is 6.56. The maximum Gasteiger partial charge on any atom is 0.0234 e. The SMILES string of the molecule is CSc1cccc(CN2CCC[C@@H](N(C)C)CC2)c1. The quantitative estimate of drug-likeness (QED) is 0.780. The summed E-state index contributed by atoms with van der Waals surface area (Å²) in [6.45, 7) is 3.58. The fraction of sp³-hybridized carbons (Fsp3) is 0.625. The van der Waals surface area contributed by atoms with E-state index in [1.54, 1.807) is 0 Å². The summed E-state index contributed by atoms with van der Waals surface area (Å²) in [4.78, 5) is 6.37. The third-order valence-corrected chi connectivity index (χ3v) is 4.79. The number of benzene rings is 1. The van der Waals surface area contributed by atoms with Gasteiger partial charge in [0.2, 0.25) is 0 Å². The minimum Gasteiger partial charge on any atom is -0.306 e. The van der Waals surface area contributed by atoms with Gasteiger partial charge in [0.25, 0.3) is 0 Å². The number of rotatable bonds is 4. The molecular weight excluding hydrogens is 252 g/mol. The van der Waals surface area contributed by atoms with E-state index in [2.05, 4.69) is 54.4 Å². The molecule has 0 amide bonds. The van der Waals surface area contributed by atoms with Crippen LogP contribution in [0, 0.1) is 0 Å². The van der Waals surface area contributed by atoms with Gasteiger partial charge >= 0.3 is 0 Å². The van der Waals surface area contributed by atoms with E-state index in [9.17, 15) is 0 Å². The molecule has 2 rings (SSSR count). The molecule has 0 aromatic heterocycles. The van der Waals surface area contributed by atoms with E-state index < -0.39 is 0 Å². The van der Waals surface area contributed by atoms with Crippen LogP contribution in [0.4, 0.5) is 0 Å². The minimum absolute atomic E-state index is 0.766. The van der Waals surface area contributed by atoms with Crippen molar-refractivity contribution in [3.63, 3.8) is 0 Å². The Morgan fingerprint density at radius 2 is 2.11 bits per heavy atom. The first kappa shape index (κ1) is 14.9. The van der Waals surface area contributed by atoms with Gasteiger partial charge in [0.1, 0.15) is 0 Å². The van der Waals surface area contributed by atoms with Gasteiger partial charge in [-0.25, -0.2) is 0 Å². The summed E-state index contributed by atoms with van der Waals surface area (Å²) in [6.07, 6.45) is 6.11. The van der Waals surface area contributed by atoms with Gasteiger partial charge in [-0.1, -0.05) is 12.1 Å². The molecule has 1 atom stereocenters. The van der Waals surface area contributed by atoms with Crippen LogP contribution in [0.15, 0.2) is 29.2 Å². The smallest absolute Gasteiger partial charge is 0.0234 e.